The zero-order valence-corrected chi connectivity index (χ0v) is 15.5. The first-order chi connectivity index (χ1) is 12.6. The molecule has 4 rings (SSSR count). The van der Waals surface area contributed by atoms with Crippen LogP contribution in [0.15, 0.2) is 53.0 Å². The maximum absolute atomic E-state index is 12.5. The third kappa shape index (κ3) is 2.63. The normalized spacial score (nSPS) is 14.2. The van der Waals surface area contributed by atoms with Gasteiger partial charge < -0.3 is 9.72 Å². The summed E-state index contributed by atoms with van der Waals surface area (Å²) in [5.74, 6) is -0.137. The van der Waals surface area contributed by atoms with Crippen LogP contribution < -0.4 is 10.1 Å². The molecule has 1 aliphatic rings. The molecule has 2 N–H and O–H groups in total. The monoisotopic (exact) mass is 410 g/mol. The van der Waals surface area contributed by atoms with Crippen LogP contribution in [0.4, 0.5) is 0 Å². The van der Waals surface area contributed by atoms with Crippen LogP contribution in [0.25, 0.3) is 27.7 Å². The molecule has 0 radical (unpaired) electrons. The number of benzene rings is 2. The Morgan fingerprint density at radius 1 is 1.04 bits per heavy atom. The molecule has 5 nitrogen and oxygen atoms in total. The molecule has 0 bridgehead atoms. The summed E-state index contributed by atoms with van der Waals surface area (Å²) in [7, 11) is 0. The Morgan fingerprint density at radius 2 is 1.81 bits per heavy atom. The standard InChI is InChI=1S/C20H15BrN2O3/c1-2-26-12-8-9-14-13(10-12)15(16-17(21)20(25)23-19(16)24)18(22-14)11-6-4-3-5-7-11/h3-10,22H,2H2,1H3,(H,23,24,25). The summed E-state index contributed by atoms with van der Waals surface area (Å²) in [6.07, 6.45) is 0. The van der Waals surface area contributed by atoms with E-state index in [-0.39, 0.29) is 4.48 Å². The summed E-state index contributed by atoms with van der Waals surface area (Å²) in [6.45, 7) is 2.46. The molecule has 0 spiro atoms. The molecular weight excluding hydrogens is 396 g/mol. The average Bonchev–Trinajstić information content (AvgIpc) is 3.13. The Morgan fingerprint density at radius 3 is 2.46 bits per heavy atom. The lowest BCUT2D eigenvalue weighted by molar-refractivity contribution is -0.123. The molecule has 0 aliphatic carbocycles. The van der Waals surface area contributed by atoms with Gasteiger partial charge in [0.2, 0.25) is 0 Å². The molecule has 1 aliphatic heterocycles. The van der Waals surface area contributed by atoms with Gasteiger partial charge in [-0.1, -0.05) is 30.3 Å². The third-order valence-electron chi connectivity index (χ3n) is 4.27. The van der Waals surface area contributed by atoms with Gasteiger partial charge in [-0.3, -0.25) is 14.9 Å². The quantitative estimate of drug-likeness (QED) is 0.638. The van der Waals surface area contributed by atoms with Crippen molar-refractivity contribution in [1.29, 1.82) is 0 Å². The van der Waals surface area contributed by atoms with Gasteiger partial charge in [0.05, 0.1) is 22.4 Å². The minimum atomic E-state index is -0.431. The number of ether oxygens (including phenoxy) is 1. The van der Waals surface area contributed by atoms with Gasteiger partial charge in [0.1, 0.15) is 5.75 Å². The fourth-order valence-electron chi connectivity index (χ4n) is 3.17. The predicted molar refractivity (Wildman–Crippen MR) is 104 cm³/mol. The van der Waals surface area contributed by atoms with E-state index in [2.05, 4.69) is 26.2 Å². The molecule has 1 aromatic heterocycles. The van der Waals surface area contributed by atoms with E-state index in [0.29, 0.717) is 23.5 Å². The molecule has 0 atom stereocenters. The first-order valence-corrected chi connectivity index (χ1v) is 8.99. The number of H-pyrrole nitrogens is 1. The number of aromatic nitrogens is 1. The van der Waals surface area contributed by atoms with Gasteiger partial charge in [-0.25, -0.2) is 0 Å². The number of amides is 2. The number of hydrogen-bond donors (Lipinski definition) is 2. The number of fused-ring (bicyclic) bond motifs is 1. The van der Waals surface area contributed by atoms with Crippen LogP contribution in [0.2, 0.25) is 0 Å². The maximum Gasteiger partial charge on any atom is 0.265 e. The number of rotatable bonds is 4. The molecule has 0 unspecified atom stereocenters. The molecule has 2 amide bonds. The summed E-state index contributed by atoms with van der Waals surface area (Å²) in [4.78, 5) is 27.8. The highest BCUT2D eigenvalue weighted by molar-refractivity contribution is 9.12. The van der Waals surface area contributed by atoms with E-state index < -0.39 is 11.8 Å². The molecule has 2 heterocycles. The second-order valence-electron chi connectivity index (χ2n) is 5.85. The van der Waals surface area contributed by atoms with Gasteiger partial charge in [-0.15, -0.1) is 0 Å². The molecule has 2 aromatic carbocycles. The number of carbonyl (C=O) groups excluding carboxylic acids is 2. The zero-order chi connectivity index (χ0) is 18.3. The zero-order valence-electron chi connectivity index (χ0n) is 13.9. The minimum absolute atomic E-state index is 0.238. The highest BCUT2D eigenvalue weighted by Gasteiger charge is 2.33. The fraction of sp³-hybridized carbons (Fsp3) is 0.100. The molecule has 0 fully saturated rings. The SMILES string of the molecule is CCOc1ccc2[nH]c(-c3ccccc3)c(C3=C(Br)C(=O)NC3=O)c2c1. The van der Waals surface area contributed by atoms with E-state index in [1.54, 1.807) is 0 Å². The lowest BCUT2D eigenvalue weighted by Crippen LogP contribution is -2.22. The number of aromatic amines is 1. The highest BCUT2D eigenvalue weighted by atomic mass is 79.9. The van der Waals surface area contributed by atoms with Crippen molar-refractivity contribution in [3.63, 3.8) is 0 Å². The second kappa shape index (κ2) is 6.46. The van der Waals surface area contributed by atoms with Crippen LogP contribution in [0.5, 0.6) is 5.75 Å². The number of imide groups is 1. The first-order valence-electron chi connectivity index (χ1n) is 8.20. The molecule has 0 saturated carbocycles. The lowest BCUT2D eigenvalue weighted by atomic mass is 9.98. The molecule has 3 aromatic rings. The van der Waals surface area contributed by atoms with Crippen molar-refractivity contribution in [3.05, 3.63) is 58.6 Å². The van der Waals surface area contributed by atoms with Crippen LogP contribution in [0.1, 0.15) is 12.5 Å². The summed E-state index contributed by atoms with van der Waals surface area (Å²) < 4.78 is 5.85. The van der Waals surface area contributed by atoms with E-state index >= 15 is 0 Å². The molecule has 26 heavy (non-hydrogen) atoms. The summed E-state index contributed by atoms with van der Waals surface area (Å²) in [6, 6.07) is 15.4. The van der Waals surface area contributed by atoms with Gasteiger partial charge in [-0.05, 0) is 46.6 Å². The van der Waals surface area contributed by atoms with Crippen LogP contribution in [-0.2, 0) is 9.59 Å². The van der Waals surface area contributed by atoms with E-state index in [0.717, 1.165) is 22.2 Å². The van der Waals surface area contributed by atoms with Crippen molar-refractivity contribution in [1.82, 2.24) is 10.3 Å². The molecule has 6 heteroatoms. The first kappa shape index (κ1) is 16.6. The lowest BCUT2D eigenvalue weighted by Gasteiger charge is -2.07. The Labute approximate surface area is 158 Å². The van der Waals surface area contributed by atoms with Crippen molar-refractivity contribution in [2.75, 3.05) is 6.61 Å². The van der Waals surface area contributed by atoms with Gasteiger partial charge >= 0.3 is 0 Å². The van der Waals surface area contributed by atoms with Crippen molar-refractivity contribution in [3.8, 4) is 17.0 Å². The topological polar surface area (TPSA) is 71.2 Å². The number of halogens is 1. The van der Waals surface area contributed by atoms with Crippen molar-refractivity contribution in [2.45, 2.75) is 6.92 Å². The Balaban J connectivity index is 2.06. The molecule has 0 saturated heterocycles. The fourth-order valence-corrected chi connectivity index (χ4v) is 3.64. The van der Waals surface area contributed by atoms with E-state index in [4.69, 9.17) is 4.74 Å². The van der Waals surface area contributed by atoms with E-state index in [1.165, 1.54) is 0 Å². The average molecular weight is 411 g/mol. The Kier molecular flexibility index (Phi) is 4.12. The van der Waals surface area contributed by atoms with Crippen molar-refractivity contribution >= 4 is 44.2 Å². The Bertz CT molecular complexity index is 1070. The third-order valence-corrected chi connectivity index (χ3v) is 5.02. The predicted octanol–water partition coefficient (Wildman–Crippen LogP) is 4.00. The number of nitrogens with one attached hydrogen (secondary N) is 2. The van der Waals surface area contributed by atoms with Crippen LogP contribution >= 0.6 is 15.9 Å². The van der Waals surface area contributed by atoms with Gasteiger partial charge in [0.15, 0.2) is 0 Å². The molecular formula is C20H15BrN2O3. The van der Waals surface area contributed by atoms with Crippen LogP contribution in [0.3, 0.4) is 0 Å². The summed E-state index contributed by atoms with van der Waals surface area (Å²) in [5.41, 5.74) is 3.58. The highest BCUT2D eigenvalue weighted by Crippen LogP contribution is 2.40. The molecule has 130 valence electrons. The number of carbonyl (C=O) groups is 2. The van der Waals surface area contributed by atoms with Gasteiger partial charge in [-0.2, -0.15) is 0 Å². The van der Waals surface area contributed by atoms with Crippen molar-refractivity contribution in [2.24, 2.45) is 0 Å². The van der Waals surface area contributed by atoms with E-state index in [9.17, 15) is 9.59 Å². The largest absolute Gasteiger partial charge is 0.494 e. The smallest absolute Gasteiger partial charge is 0.265 e. The summed E-state index contributed by atoms with van der Waals surface area (Å²) in [5, 5.41) is 3.17. The van der Waals surface area contributed by atoms with E-state index in [1.807, 2.05) is 55.5 Å². The second-order valence-corrected chi connectivity index (χ2v) is 6.65. The van der Waals surface area contributed by atoms with Gasteiger partial charge in [0.25, 0.3) is 11.8 Å². The van der Waals surface area contributed by atoms with Crippen molar-refractivity contribution < 1.29 is 14.3 Å². The Hall–Kier alpha value is -2.86. The maximum atomic E-state index is 12.5. The summed E-state index contributed by atoms with van der Waals surface area (Å²) >= 11 is 3.28. The van der Waals surface area contributed by atoms with Crippen LogP contribution in [0, 0.1) is 0 Å². The number of hydrogen-bond acceptors (Lipinski definition) is 3. The minimum Gasteiger partial charge on any atom is -0.494 e. The van der Waals surface area contributed by atoms with Crippen LogP contribution in [-0.4, -0.2) is 23.4 Å². The van der Waals surface area contributed by atoms with Gasteiger partial charge in [0, 0.05) is 16.5 Å².